The van der Waals surface area contributed by atoms with Crippen molar-refractivity contribution in [2.45, 2.75) is 6.54 Å². The molecule has 2 aromatic carbocycles. The Kier molecular flexibility index (Phi) is 9.66. The van der Waals surface area contributed by atoms with Crippen LogP contribution in [0.3, 0.4) is 0 Å². The number of rotatable bonds is 10. The summed E-state index contributed by atoms with van der Waals surface area (Å²) in [6, 6.07) is 7.02. The normalized spacial score (nSPS) is 11.3. The number of benzene rings is 2. The smallest absolute Gasteiger partial charge is 0.363 e. The van der Waals surface area contributed by atoms with Crippen molar-refractivity contribution in [1.82, 2.24) is 14.9 Å². The van der Waals surface area contributed by atoms with Crippen LogP contribution >= 0.6 is 22.9 Å². The van der Waals surface area contributed by atoms with Crippen molar-refractivity contribution in [3.8, 4) is 17.0 Å². The summed E-state index contributed by atoms with van der Waals surface area (Å²) in [6.45, 7) is 0.518. The first-order valence-electron chi connectivity index (χ1n) is 13.2. The lowest BCUT2D eigenvalue weighted by Gasteiger charge is -2.20. The molecule has 232 valence electrons. The Hall–Kier alpha value is -4.40. The Labute approximate surface area is 261 Å². The van der Waals surface area contributed by atoms with Crippen molar-refractivity contribution < 1.29 is 37.0 Å². The Morgan fingerprint density at radius 2 is 1.82 bits per heavy atom. The summed E-state index contributed by atoms with van der Waals surface area (Å²) in [5, 5.41) is 9.09. The van der Waals surface area contributed by atoms with E-state index in [9.17, 15) is 23.2 Å². The third kappa shape index (κ3) is 7.38. The molecule has 3 amide bonds. The zero-order valence-corrected chi connectivity index (χ0v) is 26.5. The Balaban J connectivity index is 1.39. The number of carbonyl (C=O) groups is 3. The number of carbonyl (C=O) groups excluding carboxylic acids is 3. The maximum absolute atomic E-state index is 14.6. The van der Waals surface area contributed by atoms with Gasteiger partial charge >= 0.3 is 11.0 Å². The summed E-state index contributed by atoms with van der Waals surface area (Å²) < 4.78 is 37.3. The van der Waals surface area contributed by atoms with Gasteiger partial charge < -0.3 is 24.4 Å². The van der Waals surface area contributed by atoms with Crippen molar-refractivity contribution in [2.24, 2.45) is 14.1 Å². The molecule has 0 saturated carbocycles. The standard InChI is InChI=1S/C29H30ClF2N7O4S/c1-37-14-17(44-29(37)36-23(40)15-39(3,4)5)12-34-27(41)18-8-7-16(11-20(18)30)35-28(42)26-33-13-21(38(26)2)19-9-10-22(43-6)25(32)24(19)31/h7-11,13-14H,12,15H2,1-6H3,(H-,34,35,41,42)/p+2. The lowest BCUT2D eigenvalue weighted by atomic mass is 10.1. The van der Waals surface area contributed by atoms with Gasteiger partial charge in [0, 0.05) is 18.3 Å². The van der Waals surface area contributed by atoms with E-state index in [1.165, 1.54) is 66.6 Å². The number of methoxy groups -OCH3 is 1. The van der Waals surface area contributed by atoms with Crippen LogP contribution in [0.1, 0.15) is 25.9 Å². The number of nitrogens with one attached hydrogen (secondary N) is 3. The molecule has 0 saturated heterocycles. The van der Waals surface area contributed by atoms with Crippen LogP contribution in [0.4, 0.5) is 19.6 Å². The number of imidazole rings is 1. The van der Waals surface area contributed by atoms with Crippen LogP contribution in [0.5, 0.6) is 5.75 Å². The van der Waals surface area contributed by atoms with Gasteiger partial charge in [-0.3, -0.25) is 9.59 Å². The molecule has 4 aromatic rings. The molecule has 2 heterocycles. The highest BCUT2D eigenvalue weighted by atomic mass is 35.5. The highest BCUT2D eigenvalue weighted by molar-refractivity contribution is 7.15. The zero-order chi connectivity index (χ0) is 32.3. The van der Waals surface area contributed by atoms with Crippen LogP contribution in [-0.2, 0) is 25.4 Å². The average Bonchev–Trinajstić information content (AvgIpc) is 3.49. The number of quaternary nitrogens is 1. The second kappa shape index (κ2) is 13.1. The van der Waals surface area contributed by atoms with Crippen molar-refractivity contribution in [3.05, 3.63) is 75.6 Å². The van der Waals surface area contributed by atoms with E-state index in [1.54, 1.807) is 11.6 Å². The highest BCUT2D eigenvalue weighted by Gasteiger charge is 2.24. The number of ether oxygens (including phenoxy) is 1. The number of hydrogen-bond donors (Lipinski definition) is 3. The summed E-state index contributed by atoms with van der Waals surface area (Å²) in [5.74, 6) is -3.76. The Morgan fingerprint density at radius 1 is 1.09 bits per heavy atom. The first kappa shape index (κ1) is 32.5. The summed E-state index contributed by atoms with van der Waals surface area (Å²) in [4.78, 5) is 43.0. The van der Waals surface area contributed by atoms with E-state index >= 15 is 0 Å². The maximum Gasteiger partial charge on any atom is 0.363 e. The van der Waals surface area contributed by atoms with Crippen LogP contribution in [-0.4, -0.2) is 66.6 Å². The van der Waals surface area contributed by atoms with E-state index < -0.39 is 23.4 Å². The van der Waals surface area contributed by atoms with E-state index in [0.29, 0.717) is 21.8 Å². The fourth-order valence-electron chi connectivity index (χ4n) is 4.27. The van der Waals surface area contributed by atoms with Gasteiger partial charge in [-0.25, -0.2) is 18.7 Å². The van der Waals surface area contributed by atoms with Gasteiger partial charge in [0.15, 0.2) is 23.9 Å². The first-order valence-corrected chi connectivity index (χ1v) is 14.4. The van der Waals surface area contributed by atoms with Gasteiger partial charge in [-0.1, -0.05) is 11.6 Å². The van der Waals surface area contributed by atoms with Crippen LogP contribution in [0.15, 0.2) is 42.7 Å². The highest BCUT2D eigenvalue weighted by Crippen LogP contribution is 2.30. The van der Waals surface area contributed by atoms with Crippen molar-refractivity contribution in [1.29, 1.82) is 0 Å². The number of nitrogens with zero attached hydrogens (tertiary/aromatic N) is 4. The molecule has 44 heavy (non-hydrogen) atoms. The monoisotopic (exact) mass is 647 g/mol. The molecular weight excluding hydrogens is 616 g/mol. The lowest BCUT2D eigenvalue weighted by molar-refractivity contribution is -0.861. The number of amides is 3. The Bertz CT molecular complexity index is 1750. The molecule has 3 N–H and O–H groups in total. The molecule has 2 aromatic heterocycles. The van der Waals surface area contributed by atoms with Crippen molar-refractivity contribution in [2.75, 3.05) is 45.4 Å². The van der Waals surface area contributed by atoms with Crippen LogP contribution in [0.25, 0.3) is 11.3 Å². The summed E-state index contributed by atoms with van der Waals surface area (Å²) in [5.41, 5.74) is 0.575. The SMILES string of the molecule is COc1ccc(-c2cnc(C(=O)Nc3ccc(C(=O)NCc4c[n+](C)c(NC(=O)C[N+](C)(C)C)s4)c(Cl)c3)n2C)c(F)c1F. The molecule has 0 bridgehead atoms. The molecule has 0 aliphatic carbocycles. The van der Waals surface area contributed by atoms with Gasteiger partial charge in [0.25, 0.3) is 11.8 Å². The van der Waals surface area contributed by atoms with E-state index in [0.717, 1.165) is 4.88 Å². The fraction of sp³-hybridized carbons (Fsp3) is 0.276. The molecule has 11 nitrogen and oxygen atoms in total. The number of hydrogen-bond acceptors (Lipinski definition) is 6. The predicted octanol–water partition coefficient (Wildman–Crippen LogP) is 3.74. The largest absolute Gasteiger partial charge is 0.494 e. The van der Waals surface area contributed by atoms with Gasteiger partial charge in [-0.05, 0) is 41.7 Å². The minimum Gasteiger partial charge on any atom is -0.494 e. The molecule has 15 heteroatoms. The van der Waals surface area contributed by atoms with E-state index in [1.807, 2.05) is 27.3 Å². The molecule has 0 atom stereocenters. The molecule has 0 aliphatic heterocycles. The number of halogens is 3. The molecular formula is C29H32ClF2N7O4S+2. The van der Waals surface area contributed by atoms with Crippen molar-refractivity contribution in [3.63, 3.8) is 0 Å². The summed E-state index contributed by atoms with van der Waals surface area (Å²) in [6.07, 6.45) is 3.07. The number of anilines is 2. The number of aromatic nitrogens is 3. The summed E-state index contributed by atoms with van der Waals surface area (Å²) >= 11 is 7.72. The van der Waals surface area contributed by atoms with Gasteiger partial charge in [-0.2, -0.15) is 9.71 Å². The minimum absolute atomic E-state index is 0.0642. The van der Waals surface area contributed by atoms with Gasteiger partial charge in [-0.15, -0.1) is 0 Å². The molecule has 0 aliphatic rings. The maximum atomic E-state index is 14.6. The predicted molar refractivity (Wildman–Crippen MR) is 163 cm³/mol. The first-order chi connectivity index (χ1) is 20.7. The lowest BCUT2D eigenvalue weighted by Crippen LogP contribution is -2.43. The topological polar surface area (TPSA) is 118 Å². The van der Waals surface area contributed by atoms with Gasteiger partial charge in [0.05, 0.1) is 69.2 Å². The van der Waals surface area contributed by atoms with Crippen LogP contribution in [0, 0.1) is 11.6 Å². The average molecular weight is 648 g/mol. The number of likely N-dealkylation sites (N-methyl/N-ethyl adjacent to an activating group) is 1. The molecule has 0 spiro atoms. The number of aryl methyl sites for hydroxylation is 1. The fourth-order valence-corrected chi connectivity index (χ4v) is 5.50. The molecule has 4 rings (SSSR count). The zero-order valence-electron chi connectivity index (χ0n) is 24.9. The van der Waals surface area contributed by atoms with Crippen LogP contribution in [0.2, 0.25) is 5.02 Å². The van der Waals surface area contributed by atoms with Gasteiger partial charge in [0.2, 0.25) is 5.82 Å². The second-order valence-corrected chi connectivity index (χ2v) is 12.4. The third-order valence-corrected chi connectivity index (χ3v) is 7.79. The van der Waals surface area contributed by atoms with Gasteiger partial charge in [0.1, 0.15) is 6.20 Å². The quantitative estimate of drug-likeness (QED) is 0.179. The number of thiazole rings is 1. The van der Waals surface area contributed by atoms with E-state index in [2.05, 4.69) is 20.9 Å². The second-order valence-electron chi connectivity index (χ2n) is 10.9. The van der Waals surface area contributed by atoms with E-state index in [-0.39, 0.29) is 45.9 Å². The third-order valence-electron chi connectivity index (χ3n) is 6.38. The summed E-state index contributed by atoms with van der Waals surface area (Å²) in [7, 11) is 10.3. The molecule has 0 unspecified atom stereocenters. The molecule has 0 fully saturated rings. The van der Waals surface area contributed by atoms with E-state index in [4.69, 9.17) is 16.3 Å². The van der Waals surface area contributed by atoms with Crippen molar-refractivity contribution >= 4 is 51.5 Å². The van der Waals surface area contributed by atoms with Crippen LogP contribution < -0.4 is 25.3 Å². The minimum atomic E-state index is -1.15. The Morgan fingerprint density at radius 3 is 2.48 bits per heavy atom. The molecule has 0 radical (unpaired) electrons.